The van der Waals surface area contributed by atoms with Gasteiger partial charge < -0.3 is 9.53 Å². The highest BCUT2D eigenvalue weighted by Crippen LogP contribution is 2.45. The van der Waals surface area contributed by atoms with Crippen LogP contribution in [0.4, 0.5) is 0 Å². The second-order valence-corrected chi connectivity index (χ2v) is 14.2. The third-order valence-electron chi connectivity index (χ3n) is 6.56. The summed E-state index contributed by atoms with van der Waals surface area (Å²) >= 11 is 3.17. The quantitative estimate of drug-likeness (QED) is 0.483. The molecule has 0 aromatic carbocycles. The third-order valence-corrected chi connectivity index (χ3v) is 11.7. The lowest BCUT2D eigenvalue weighted by molar-refractivity contribution is 0.214. The number of hydrogen-bond acceptors (Lipinski definition) is 4. The number of rotatable bonds is 7. The first-order valence-electron chi connectivity index (χ1n) is 9.37. The molecule has 1 heterocycles. The molecule has 2 rings (SSSR count). The van der Waals surface area contributed by atoms with Crippen LogP contribution in [0.1, 0.15) is 40.2 Å². The number of hydrogen-bond donors (Lipinski definition) is 2. The number of aromatic amines is 1. The maximum Gasteiger partial charge on any atom is 0.328 e. The van der Waals surface area contributed by atoms with E-state index >= 15 is 0 Å². The van der Waals surface area contributed by atoms with Gasteiger partial charge in [0.25, 0.3) is 5.56 Å². The van der Waals surface area contributed by atoms with Gasteiger partial charge in [-0.1, -0.05) is 33.8 Å². The second kappa shape index (κ2) is 8.19. The molecule has 2 atom stereocenters. The van der Waals surface area contributed by atoms with Gasteiger partial charge in [-0.05, 0) is 52.0 Å². The minimum Gasteiger partial charge on any atom is -0.416 e. The van der Waals surface area contributed by atoms with E-state index in [9.17, 15) is 14.7 Å². The monoisotopic (exact) mass is 458 g/mol. The van der Waals surface area contributed by atoms with E-state index in [1.54, 1.807) is 0 Å². The minimum atomic E-state index is -1.96. The van der Waals surface area contributed by atoms with E-state index in [-0.39, 0.29) is 23.6 Å². The number of aliphatic hydroxyl groups is 1. The number of halogens is 1. The molecule has 0 radical (unpaired) electrons. The lowest BCUT2D eigenvalue weighted by Crippen LogP contribution is -2.46. The first-order chi connectivity index (χ1) is 12.4. The van der Waals surface area contributed by atoms with E-state index in [0.717, 1.165) is 5.57 Å². The molecule has 0 aliphatic heterocycles. The molecule has 1 aliphatic rings. The summed E-state index contributed by atoms with van der Waals surface area (Å²) in [6.07, 6.45) is 4.10. The Hall–Kier alpha value is -0.963. The zero-order valence-electron chi connectivity index (χ0n) is 17.0. The molecule has 8 heteroatoms. The molecule has 27 heavy (non-hydrogen) atoms. The Bertz CT molecular complexity index is 826. The minimum absolute atomic E-state index is 0.0562. The van der Waals surface area contributed by atoms with Crippen molar-refractivity contribution in [3.63, 3.8) is 0 Å². The molecule has 0 saturated carbocycles. The van der Waals surface area contributed by atoms with Crippen molar-refractivity contribution < 1.29 is 9.53 Å². The van der Waals surface area contributed by atoms with Gasteiger partial charge in [0, 0.05) is 18.7 Å². The SMILES string of the molecule is CC(C)C(C)(C)[Si](C)(C)OC[C@@H]1C[C@H](n2cc(Br)c(=O)[nH]c2=O)C=C1CO. The first kappa shape index (κ1) is 22.3. The van der Waals surface area contributed by atoms with Crippen molar-refractivity contribution in [3.8, 4) is 0 Å². The molecule has 1 aromatic heterocycles. The van der Waals surface area contributed by atoms with Crippen LogP contribution in [-0.2, 0) is 4.43 Å². The average Bonchev–Trinajstić information content (AvgIpc) is 2.99. The number of aromatic nitrogens is 2. The maximum atomic E-state index is 12.2. The first-order valence-corrected chi connectivity index (χ1v) is 13.1. The summed E-state index contributed by atoms with van der Waals surface area (Å²) in [5.41, 5.74) is 0.00416. The van der Waals surface area contributed by atoms with Crippen molar-refractivity contribution >= 4 is 24.2 Å². The summed E-state index contributed by atoms with van der Waals surface area (Å²) in [6.45, 7) is 13.9. The topological polar surface area (TPSA) is 84.3 Å². The predicted molar refractivity (Wildman–Crippen MR) is 114 cm³/mol. The van der Waals surface area contributed by atoms with E-state index in [0.29, 0.717) is 23.4 Å². The number of H-pyrrole nitrogens is 1. The van der Waals surface area contributed by atoms with E-state index < -0.39 is 19.6 Å². The van der Waals surface area contributed by atoms with E-state index in [1.165, 1.54) is 10.8 Å². The molecule has 152 valence electrons. The highest BCUT2D eigenvalue weighted by molar-refractivity contribution is 9.10. The smallest absolute Gasteiger partial charge is 0.328 e. The van der Waals surface area contributed by atoms with Crippen LogP contribution in [0.25, 0.3) is 0 Å². The second-order valence-electron chi connectivity index (χ2n) is 8.74. The molecule has 6 nitrogen and oxygen atoms in total. The van der Waals surface area contributed by atoms with Crippen LogP contribution in [0.3, 0.4) is 0 Å². The largest absolute Gasteiger partial charge is 0.416 e. The molecule has 0 bridgehead atoms. The Morgan fingerprint density at radius 1 is 1.41 bits per heavy atom. The molecule has 0 saturated heterocycles. The van der Waals surface area contributed by atoms with Gasteiger partial charge in [-0.15, -0.1) is 0 Å². The zero-order chi connectivity index (χ0) is 20.6. The van der Waals surface area contributed by atoms with Crippen molar-refractivity contribution in [3.05, 3.63) is 43.2 Å². The van der Waals surface area contributed by atoms with E-state index in [2.05, 4.69) is 61.7 Å². The predicted octanol–water partition coefficient (Wildman–Crippen LogP) is 3.44. The molecular formula is C19H31BrN2O4Si. The van der Waals surface area contributed by atoms with Crippen molar-refractivity contribution in [1.82, 2.24) is 9.55 Å². The highest BCUT2D eigenvalue weighted by atomic mass is 79.9. The van der Waals surface area contributed by atoms with Crippen LogP contribution >= 0.6 is 15.9 Å². The third kappa shape index (κ3) is 4.55. The lowest BCUT2D eigenvalue weighted by atomic mass is 9.99. The fourth-order valence-electron chi connectivity index (χ4n) is 3.34. The van der Waals surface area contributed by atoms with Crippen LogP contribution in [0.2, 0.25) is 18.1 Å². The fourth-order valence-corrected chi connectivity index (χ4v) is 6.04. The zero-order valence-corrected chi connectivity index (χ0v) is 19.6. The van der Waals surface area contributed by atoms with Gasteiger partial charge in [0.15, 0.2) is 8.32 Å². The van der Waals surface area contributed by atoms with Crippen molar-refractivity contribution in [1.29, 1.82) is 0 Å². The van der Waals surface area contributed by atoms with E-state index in [4.69, 9.17) is 4.43 Å². The van der Waals surface area contributed by atoms with Crippen molar-refractivity contribution in [2.45, 2.75) is 58.3 Å². The lowest BCUT2D eigenvalue weighted by Gasteiger charge is -2.43. The Morgan fingerprint density at radius 2 is 2.04 bits per heavy atom. The molecule has 0 spiro atoms. The summed E-state index contributed by atoms with van der Waals surface area (Å²) in [4.78, 5) is 26.1. The molecule has 2 N–H and O–H groups in total. The molecule has 0 amide bonds. The Labute approximate surface area is 169 Å². The number of nitrogens with zero attached hydrogens (tertiary/aromatic N) is 1. The highest BCUT2D eigenvalue weighted by Gasteiger charge is 2.44. The van der Waals surface area contributed by atoms with Crippen molar-refractivity contribution in [2.24, 2.45) is 11.8 Å². The van der Waals surface area contributed by atoms with Crippen LogP contribution in [0.15, 0.2) is 31.9 Å². The molecule has 1 aliphatic carbocycles. The van der Waals surface area contributed by atoms with Crippen LogP contribution in [0.5, 0.6) is 0 Å². The normalized spacial score (nSPS) is 21.0. The summed E-state index contributed by atoms with van der Waals surface area (Å²) in [6, 6.07) is -0.204. The Balaban J connectivity index is 2.18. The molecule has 0 fully saturated rings. The van der Waals surface area contributed by atoms with E-state index in [1.807, 2.05) is 6.08 Å². The van der Waals surface area contributed by atoms with Gasteiger partial charge >= 0.3 is 5.69 Å². The van der Waals surface area contributed by atoms with Gasteiger partial charge in [0.2, 0.25) is 0 Å². The summed E-state index contributed by atoms with van der Waals surface area (Å²) in [5.74, 6) is 0.577. The van der Waals surface area contributed by atoms with Crippen LogP contribution in [0, 0.1) is 11.8 Å². The van der Waals surface area contributed by atoms with Crippen LogP contribution in [-0.4, -0.2) is 36.2 Å². The average molecular weight is 459 g/mol. The summed E-state index contributed by atoms with van der Waals surface area (Å²) in [5, 5.41) is 9.90. The molecular weight excluding hydrogens is 428 g/mol. The fraction of sp³-hybridized carbons (Fsp3) is 0.684. The summed E-state index contributed by atoms with van der Waals surface area (Å²) in [7, 11) is -1.96. The van der Waals surface area contributed by atoms with Crippen molar-refractivity contribution in [2.75, 3.05) is 13.2 Å². The Kier molecular flexibility index (Phi) is 6.77. The maximum absolute atomic E-state index is 12.2. The van der Waals surface area contributed by atoms with Gasteiger partial charge in [-0.2, -0.15) is 0 Å². The molecule has 1 aromatic rings. The number of aliphatic hydroxyl groups excluding tert-OH is 1. The van der Waals surface area contributed by atoms with Gasteiger partial charge in [0.1, 0.15) is 0 Å². The van der Waals surface area contributed by atoms with Gasteiger partial charge in [0.05, 0.1) is 17.1 Å². The molecule has 0 unspecified atom stereocenters. The summed E-state index contributed by atoms with van der Waals surface area (Å²) < 4.78 is 8.28. The Morgan fingerprint density at radius 3 is 2.59 bits per heavy atom. The van der Waals surface area contributed by atoms with Gasteiger partial charge in [-0.3, -0.25) is 14.3 Å². The number of nitrogens with one attached hydrogen (secondary N) is 1. The van der Waals surface area contributed by atoms with Gasteiger partial charge in [-0.25, -0.2) is 4.79 Å². The van der Waals surface area contributed by atoms with Crippen LogP contribution < -0.4 is 11.2 Å². The standard InChI is InChI=1S/C19H31BrN2O4Si/c1-12(2)19(3,4)27(5,6)26-11-14-8-15(7-13(14)10-23)22-9-16(20)17(24)21-18(22)25/h7,9,12,14-15,23H,8,10-11H2,1-6H3,(H,21,24,25)/t14-,15+/m0/s1. The number of allylic oxidation sites excluding steroid dienone is 1.